The third-order valence-corrected chi connectivity index (χ3v) is 6.68. The average molecular weight is 539 g/mol. The number of rotatable bonds is 9. The molecule has 39 heavy (non-hydrogen) atoms. The van der Waals surface area contributed by atoms with E-state index in [-0.39, 0.29) is 11.4 Å². The molecule has 0 bridgehead atoms. The van der Waals surface area contributed by atoms with E-state index in [0.717, 1.165) is 38.2 Å². The van der Waals surface area contributed by atoms with Gasteiger partial charge in [-0.05, 0) is 50.6 Å². The van der Waals surface area contributed by atoms with Crippen LogP contribution in [0.5, 0.6) is 5.75 Å². The lowest BCUT2D eigenvalue weighted by molar-refractivity contribution is 0.0566. The Kier molecular flexibility index (Phi) is 7.92. The van der Waals surface area contributed by atoms with E-state index in [4.69, 9.17) is 4.74 Å². The highest BCUT2D eigenvalue weighted by Gasteiger charge is 2.24. The zero-order chi connectivity index (χ0) is 27.4. The Balaban J connectivity index is 1.49. The van der Waals surface area contributed by atoms with Gasteiger partial charge in [-0.25, -0.2) is 24.0 Å². The van der Waals surface area contributed by atoms with Crippen molar-refractivity contribution in [3.8, 4) is 28.3 Å². The van der Waals surface area contributed by atoms with Gasteiger partial charge in [-0.1, -0.05) is 6.07 Å². The van der Waals surface area contributed by atoms with Crippen LogP contribution in [0.25, 0.3) is 22.5 Å². The highest BCUT2D eigenvalue weighted by molar-refractivity contribution is 5.80. The van der Waals surface area contributed by atoms with Crippen LogP contribution in [-0.2, 0) is 0 Å². The molecule has 0 aliphatic carbocycles. The van der Waals surface area contributed by atoms with Crippen LogP contribution in [0.3, 0.4) is 0 Å². The van der Waals surface area contributed by atoms with E-state index in [1.165, 1.54) is 31.8 Å². The highest BCUT2D eigenvalue weighted by atomic mass is 19.3. The fraction of sp³-hybridized carbons (Fsp3) is 0.333. The van der Waals surface area contributed by atoms with Crippen molar-refractivity contribution in [2.75, 3.05) is 44.0 Å². The molecule has 0 amide bonds. The molecule has 0 unspecified atom stereocenters. The number of pyridine rings is 1. The lowest BCUT2D eigenvalue weighted by Crippen LogP contribution is -2.39. The number of methoxy groups -OCH3 is 1. The SMILES string of the molecule is CNC[C@H]1CCCN(c2cc(Nc3ccnc(-c4c(F)cccc4OC)n3)ncc2-c2cnn(C(F)F)c2)C1. The number of piperidine rings is 1. The van der Waals surface area contributed by atoms with Crippen molar-refractivity contribution in [3.63, 3.8) is 0 Å². The summed E-state index contributed by atoms with van der Waals surface area (Å²) in [6, 6.07) is 8.05. The molecule has 1 saturated heterocycles. The first-order valence-electron chi connectivity index (χ1n) is 12.6. The van der Waals surface area contributed by atoms with Crippen molar-refractivity contribution in [1.29, 1.82) is 0 Å². The first-order chi connectivity index (χ1) is 19.0. The van der Waals surface area contributed by atoms with Crippen molar-refractivity contribution < 1.29 is 17.9 Å². The van der Waals surface area contributed by atoms with Crippen LogP contribution in [0, 0.1) is 11.7 Å². The Morgan fingerprint density at radius 2 is 2.03 bits per heavy atom. The standard InChI is InChI=1S/C27H29F3N8O/c1-31-12-17-5-4-10-37(15-17)21-11-24(33-14-19(21)18-13-34-38(16-18)27(29)30)35-23-8-9-32-26(36-23)25-20(28)6-3-7-22(25)39-2/h3,6-9,11,13-14,16-17,27,31H,4-5,10,12,15H2,1-2H3,(H,32,33,35,36)/t17-/m1/s1. The fourth-order valence-corrected chi connectivity index (χ4v) is 4.89. The molecule has 1 aliphatic rings. The first-order valence-corrected chi connectivity index (χ1v) is 12.6. The maximum Gasteiger partial charge on any atom is 0.333 e. The summed E-state index contributed by atoms with van der Waals surface area (Å²) in [6.45, 7) is -0.213. The van der Waals surface area contributed by atoms with Gasteiger partial charge in [0.15, 0.2) is 5.82 Å². The second-order valence-corrected chi connectivity index (χ2v) is 9.29. The summed E-state index contributed by atoms with van der Waals surface area (Å²) in [5, 5.41) is 10.2. The predicted octanol–water partition coefficient (Wildman–Crippen LogP) is 5.12. The molecular formula is C27H29F3N8O. The average Bonchev–Trinajstić information content (AvgIpc) is 3.44. The smallest absolute Gasteiger partial charge is 0.333 e. The Hall–Kier alpha value is -4.19. The quantitative estimate of drug-likeness (QED) is 0.303. The minimum Gasteiger partial charge on any atom is -0.496 e. The van der Waals surface area contributed by atoms with Gasteiger partial charge in [-0.2, -0.15) is 13.9 Å². The molecule has 4 heterocycles. The molecule has 2 N–H and O–H groups in total. The van der Waals surface area contributed by atoms with Crippen molar-refractivity contribution in [3.05, 3.63) is 60.9 Å². The molecule has 4 aromatic rings. The second-order valence-electron chi connectivity index (χ2n) is 9.29. The van der Waals surface area contributed by atoms with E-state index in [1.807, 2.05) is 13.1 Å². The van der Waals surface area contributed by atoms with Crippen molar-refractivity contribution in [1.82, 2.24) is 30.0 Å². The van der Waals surface area contributed by atoms with Gasteiger partial charge in [-0.15, -0.1) is 0 Å². The van der Waals surface area contributed by atoms with Crippen LogP contribution in [0.1, 0.15) is 19.4 Å². The molecule has 204 valence electrons. The van der Waals surface area contributed by atoms with Crippen LogP contribution in [-0.4, -0.2) is 58.5 Å². The van der Waals surface area contributed by atoms with Crippen molar-refractivity contribution in [2.45, 2.75) is 19.4 Å². The van der Waals surface area contributed by atoms with Gasteiger partial charge < -0.3 is 20.3 Å². The highest BCUT2D eigenvalue weighted by Crippen LogP contribution is 2.36. The third kappa shape index (κ3) is 5.80. The minimum absolute atomic E-state index is 0.160. The monoisotopic (exact) mass is 538 g/mol. The van der Waals surface area contributed by atoms with E-state index in [2.05, 4.69) is 35.6 Å². The molecule has 1 aliphatic heterocycles. The number of ether oxygens (including phenoxy) is 1. The van der Waals surface area contributed by atoms with Crippen LogP contribution in [0.4, 0.5) is 30.5 Å². The molecule has 5 rings (SSSR count). The molecule has 9 nitrogen and oxygen atoms in total. The van der Waals surface area contributed by atoms with Crippen LogP contribution in [0.2, 0.25) is 0 Å². The van der Waals surface area contributed by atoms with E-state index >= 15 is 0 Å². The fourth-order valence-electron chi connectivity index (χ4n) is 4.89. The summed E-state index contributed by atoms with van der Waals surface area (Å²) in [5.74, 6) is 1.34. The summed E-state index contributed by atoms with van der Waals surface area (Å²) in [4.78, 5) is 15.5. The summed E-state index contributed by atoms with van der Waals surface area (Å²) in [6.07, 6.45) is 8.03. The number of alkyl halides is 2. The van der Waals surface area contributed by atoms with Crippen molar-refractivity contribution in [2.24, 2.45) is 5.92 Å². The number of nitrogens with zero attached hydrogens (tertiary/aromatic N) is 6. The number of hydrogen-bond acceptors (Lipinski definition) is 8. The van der Waals surface area contributed by atoms with Gasteiger partial charge in [0.25, 0.3) is 0 Å². The number of halogens is 3. The summed E-state index contributed by atoms with van der Waals surface area (Å²) in [5.41, 5.74) is 2.27. The van der Waals surface area contributed by atoms with Gasteiger partial charge in [0.1, 0.15) is 23.2 Å². The largest absolute Gasteiger partial charge is 0.496 e. The second kappa shape index (κ2) is 11.7. The Labute approximate surface area is 224 Å². The van der Waals surface area contributed by atoms with Crippen molar-refractivity contribution >= 4 is 17.3 Å². The minimum atomic E-state index is -2.73. The zero-order valence-corrected chi connectivity index (χ0v) is 21.6. The lowest BCUT2D eigenvalue weighted by atomic mass is 9.96. The lowest BCUT2D eigenvalue weighted by Gasteiger charge is -2.35. The number of nitrogens with one attached hydrogen (secondary N) is 2. The normalized spacial score (nSPS) is 15.5. The van der Waals surface area contributed by atoms with Gasteiger partial charge in [-0.3, -0.25) is 0 Å². The Bertz CT molecular complexity index is 1430. The molecule has 0 radical (unpaired) electrons. The molecule has 0 saturated carbocycles. The van der Waals surface area contributed by atoms with Gasteiger partial charge in [0.2, 0.25) is 0 Å². The molecule has 3 aromatic heterocycles. The summed E-state index contributed by atoms with van der Waals surface area (Å²) in [7, 11) is 3.39. The molecule has 1 atom stereocenters. The van der Waals surface area contributed by atoms with Gasteiger partial charge in [0, 0.05) is 54.6 Å². The third-order valence-electron chi connectivity index (χ3n) is 6.68. The maximum absolute atomic E-state index is 14.6. The Morgan fingerprint density at radius 1 is 1.15 bits per heavy atom. The summed E-state index contributed by atoms with van der Waals surface area (Å²) < 4.78 is 47.0. The van der Waals surface area contributed by atoms with Crippen LogP contribution >= 0.6 is 0 Å². The molecule has 1 aromatic carbocycles. The number of aromatic nitrogens is 5. The number of hydrogen-bond donors (Lipinski definition) is 2. The van der Waals surface area contributed by atoms with Gasteiger partial charge >= 0.3 is 6.55 Å². The maximum atomic E-state index is 14.6. The van der Waals surface area contributed by atoms with Gasteiger partial charge in [0.05, 0.1) is 18.9 Å². The molecule has 1 fully saturated rings. The number of anilines is 3. The summed E-state index contributed by atoms with van der Waals surface area (Å²) >= 11 is 0. The molecular weight excluding hydrogens is 509 g/mol. The van der Waals surface area contributed by atoms with Crippen LogP contribution < -0.4 is 20.3 Å². The predicted molar refractivity (Wildman–Crippen MR) is 143 cm³/mol. The zero-order valence-electron chi connectivity index (χ0n) is 21.6. The Morgan fingerprint density at radius 3 is 2.79 bits per heavy atom. The van der Waals surface area contributed by atoms with E-state index in [9.17, 15) is 13.2 Å². The van der Waals surface area contributed by atoms with E-state index in [0.29, 0.717) is 39.1 Å². The molecule has 12 heteroatoms. The van der Waals surface area contributed by atoms with E-state index < -0.39 is 12.4 Å². The van der Waals surface area contributed by atoms with E-state index in [1.54, 1.807) is 24.4 Å². The molecule has 0 spiro atoms. The topological polar surface area (TPSA) is 93.0 Å². The van der Waals surface area contributed by atoms with Crippen LogP contribution in [0.15, 0.2) is 55.1 Å². The number of benzene rings is 1. The first kappa shape index (κ1) is 26.4.